The smallest absolute Gasteiger partial charge is 0.232 e. The van der Waals surface area contributed by atoms with Gasteiger partial charge < -0.3 is 10.1 Å². The average molecular weight is 387 g/mol. The molecule has 2 aromatic heterocycles. The first-order valence-electron chi connectivity index (χ1n) is 9.10. The van der Waals surface area contributed by atoms with Crippen LogP contribution in [0.15, 0.2) is 66.9 Å². The lowest BCUT2D eigenvalue weighted by Crippen LogP contribution is -2.32. The molecule has 1 aliphatic heterocycles. The number of hydrogen-bond acceptors (Lipinski definition) is 5. The molecule has 1 aliphatic rings. The number of carbonyl (C=O) groups excluding carboxylic acids is 1. The Hall–Kier alpha value is -3.25. The summed E-state index contributed by atoms with van der Waals surface area (Å²) in [7, 11) is 0. The predicted molar refractivity (Wildman–Crippen MR) is 111 cm³/mol. The molecule has 1 unspecified atom stereocenters. The van der Waals surface area contributed by atoms with Crippen LogP contribution in [0.4, 0.5) is 5.82 Å². The summed E-state index contributed by atoms with van der Waals surface area (Å²) in [5.41, 5.74) is 2.99. The summed E-state index contributed by atoms with van der Waals surface area (Å²) in [6.45, 7) is 0.382. The third-order valence-corrected chi connectivity index (χ3v) is 5.89. The molecule has 1 atom stereocenters. The van der Waals surface area contributed by atoms with E-state index in [0.717, 1.165) is 32.1 Å². The molecule has 28 heavy (non-hydrogen) atoms. The van der Waals surface area contributed by atoms with Gasteiger partial charge in [-0.05, 0) is 42.3 Å². The number of thiazole rings is 1. The molecule has 0 radical (unpaired) electrons. The van der Waals surface area contributed by atoms with Crippen LogP contribution < -0.4 is 10.1 Å². The van der Waals surface area contributed by atoms with E-state index in [4.69, 9.17) is 4.74 Å². The second kappa shape index (κ2) is 7.05. The quantitative estimate of drug-likeness (QED) is 0.560. The van der Waals surface area contributed by atoms with Crippen molar-refractivity contribution in [1.82, 2.24) is 9.97 Å². The first kappa shape index (κ1) is 16.9. The van der Waals surface area contributed by atoms with E-state index < -0.39 is 0 Å². The zero-order chi connectivity index (χ0) is 18.9. The summed E-state index contributed by atoms with van der Waals surface area (Å²) in [5.74, 6) is 1.11. The highest BCUT2D eigenvalue weighted by Crippen LogP contribution is 2.30. The van der Waals surface area contributed by atoms with Gasteiger partial charge >= 0.3 is 0 Å². The van der Waals surface area contributed by atoms with Crippen molar-refractivity contribution >= 4 is 33.3 Å². The Morgan fingerprint density at radius 1 is 1.07 bits per heavy atom. The fourth-order valence-corrected chi connectivity index (χ4v) is 4.27. The molecule has 5 rings (SSSR count). The Morgan fingerprint density at radius 3 is 2.79 bits per heavy atom. The number of anilines is 1. The Kier molecular flexibility index (Phi) is 4.25. The van der Waals surface area contributed by atoms with E-state index in [1.165, 1.54) is 0 Å². The van der Waals surface area contributed by atoms with E-state index in [2.05, 4.69) is 21.4 Å². The van der Waals surface area contributed by atoms with Crippen molar-refractivity contribution in [2.75, 3.05) is 11.9 Å². The third kappa shape index (κ3) is 3.23. The van der Waals surface area contributed by atoms with Crippen molar-refractivity contribution in [3.8, 4) is 16.3 Å². The van der Waals surface area contributed by atoms with Gasteiger partial charge in [0.1, 0.15) is 23.2 Å². The summed E-state index contributed by atoms with van der Waals surface area (Å²) in [6, 6.07) is 19.6. The van der Waals surface area contributed by atoms with Crippen LogP contribution in [0.1, 0.15) is 5.56 Å². The van der Waals surface area contributed by atoms with Crippen molar-refractivity contribution in [2.24, 2.45) is 5.92 Å². The monoisotopic (exact) mass is 387 g/mol. The average Bonchev–Trinajstić information content (AvgIpc) is 3.18. The van der Waals surface area contributed by atoms with Crippen LogP contribution >= 0.6 is 11.3 Å². The van der Waals surface area contributed by atoms with Gasteiger partial charge in [0.2, 0.25) is 5.91 Å². The molecule has 0 aliphatic carbocycles. The summed E-state index contributed by atoms with van der Waals surface area (Å²) >= 11 is 1.63. The second-order valence-corrected chi connectivity index (χ2v) is 7.76. The molecule has 2 aromatic carbocycles. The standard InChI is InChI=1S/C22H17N3O2S/c26-21(16-11-14-5-1-3-7-18(14)27-13-16)25-20-10-9-15(12-23-20)22-24-17-6-2-4-8-19(17)28-22/h1-10,12,16H,11,13H2,(H,23,25,26). The van der Waals surface area contributed by atoms with E-state index in [1.54, 1.807) is 17.5 Å². The number of amides is 1. The summed E-state index contributed by atoms with van der Waals surface area (Å²) in [4.78, 5) is 21.6. The van der Waals surface area contributed by atoms with E-state index in [0.29, 0.717) is 18.8 Å². The molecule has 0 saturated carbocycles. The molecule has 3 heterocycles. The molecule has 0 saturated heterocycles. The fourth-order valence-electron chi connectivity index (χ4n) is 3.31. The molecule has 0 bridgehead atoms. The number of fused-ring (bicyclic) bond motifs is 2. The number of nitrogens with zero attached hydrogens (tertiary/aromatic N) is 2. The fraction of sp³-hybridized carbons (Fsp3) is 0.136. The van der Waals surface area contributed by atoms with Crippen molar-refractivity contribution in [2.45, 2.75) is 6.42 Å². The molecular formula is C22H17N3O2S. The number of nitrogens with one attached hydrogen (secondary N) is 1. The highest BCUT2D eigenvalue weighted by Gasteiger charge is 2.26. The topological polar surface area (TPSA) is 64.1 Å². The van der Waals surface area contributed by atoms with E-state index in [9.17, 15) is 4.79 Å². The molecule has 1 amide bonds. The van der Waals surface area contributed by atoms with Crippen LogP contribution in [-0.2, 0) is 11.2 Å². The predicted octanol–water partition coefficient (Wildman–Crippen LogP) is 4.55. The molecule has 0 fully saturated rings. The van der Waals surface area contributed by atoms with Gasteiger partial charge in [-0.25, -0.2) is 9.97 Å². The zero-order valence-corrected chi connectivity index (χ0v) is 15.8. The number of para-hydroxylation sites is 2. The Balaban J connectivity index is 1.29. The Labute approximate surface area is 166 Å². The van der Waals surface area contributed by atoms with Gasteiger partial charge in [-0.1, -0.05) is 30.3 Å². The Bertz CT molecular complexity index is 1120. The van der Waals surface area contributed by atoms with Crippen LogP contribution in [0.25, 0.3) is 20.8 Å². The van der Waals surface area contributed by atoms with Crippen LogP contribution in [-0.4, -0.2) is 22.5 Å². The highest BCUT2D eigenvalue weighted by molar-refractivity contribution is 7.21. The maximum Gasteiger partial charge on any atom is 0.232 e. The van der Waals surface area contributed by atoms with Gasteiger partial charge in [-0.3, -0.25) is 4.79 Å². The van der Waals surface area contributed by atoms with E-state index >= 15 is 0 Å². The molecular weight excluding hydrogens is 370 g/mol. The maximum atomic E-state index is 12.6. The number of carbonyl (C=O) groups is 1. The molecule has 5 nitrogen and oxygen atoms in total. The first-order chi connectivity index (χ1) is 13.8. The highest BCUT2D eigenvalue weighted by atomic mass is 32.1. The summed E-state index contributed by atoms with van der Waals surface area (Å²) in [5, 5.41) is 3.82. The zero-order valence-electron chi connectivity index (χ0n) is 15.0. The minimum atomic E-state index is -0.222. The number of ether oxygens (including phenoxy) is 1. The van der Waals surface area contributed by atoms with Gasteiger partial charge in [0.15, 0.2) is 0 Å². The lowest BCUT2D eigenvalue weighted by atomic mass is 9.96. The number of benzene rings is 2. The number of pyridine rings is 1. The molecule has 0 spiro atoms. The minimum Gasteiger partial charge on any atom is -0.492 e. The Morgan fingerprint density at radius 2 is 1.93 bits per heavy atom. The van der Waals surface area contributed by atoms with Gasteiger partial charge in [0.25, 0.3) is 0 Å². The van der Waals surface area contributed by atoms with Gasteiger partial charge in [0, 0.05) is 11.8 Å². The summed E-state index contributed by atoms with van der Waals surface area (Å²) < 4.78 is 6.86. The number of rotatable bonds is 3. The molecule has 4 aromatic rings. The van der Waals surface area contributed by atoms with E-state index in [-0.39, 0.29) is 11.8 Å². The number of hydrogen-bond donors (Lipinski definition) is 1. The maximum absolute atomic E-state index is 12.6. The normalized spacial score (nSPS) is 15.6. The minimum absolute atomic E-state index is 0.0743. The number of aromatic nitrogens is 2. The van der Waals surface area contributed by atoms with Crippen molar-refractivity contribution in [3.05, 3.63) is 72.4 Å². The van der Waals surface area contributed by atoms with Crippen LogP contribution in [0.5, 0.6) is 5.75 Å². The SMILES string of the molecule is O=C(Nc1ccc(-c2nc3ccccc3s2)cn1)C1COc2ccccc2C1. The second-order valence-electron chi connectivity index (χ2n) is 6.73. The molecule has 138 valence electrons. The van der Waals surface area contributed by atoms with Gasteiger partial charge in [-0.15, -0.1) is 11.3 Å². The van der Waals surface area contributed by atoms with Crippen LogP contribution in [0.3, 0.4) is 0 Å². The molecule has 6 heteroatoms. The summed E-state index contributed by atoms with van der Waals surface area (Å²) in [6.07, 6.45) is 2.42. The first-order valence-corrected chi connectivity index (χ1v) is 9.91. The third-order valence-electron chi connectivity index (χ3n) is 4.81. The molecule has 1 N–H and O–H groups in total. The largest absolute Gasteiger partial charge is 0.492 e. The van der Waals surface area contributed by atoms with Gasteiger partial charge in [0.05, 0.1) is 16.1 Å². The lowest BCUT2D eigenvalue weighted by molar-refractivity contribution is -0.121. The van der Waals surface area contributed by atoms with Crippen molar-refractivity contribution in [1.29, 1.82) is 0 Å². The van der Waals surface area contributed by atoms with E-state index in [1.807, 2.05) is 54.6 Å². The van der Waals surface area contributed by atoms with Gasteiger partial charge in [-0.2, -0.15) is 0 Å². The lowest BCUT2D eigenvalue weighted by Gasteiger charge is -2.24. The van der Waals surface area contributed by atoms with Crippen LogP contribution in [0, 0.1) is 5.92 Å². The van der Waals surface area contributed by atoms with Crippen molar-refractivity contribution in [3.63, 3.8) is 0 Å². The van der Waals surface area contributed by atoms with Crippen LogP contribution in [0.2, 0.25) is 0 Å². The van der Waals surface area contributed by atoms with Crippen molar-refractivity contribution < 1.29 is 9.53 Å².